The fraction of sp³-hybridized carbons (Fsp3) is 0.143. The van der Waals surface area contributed by atoms with E-state index < -0.39 is 11.7 Å². The average molecular weight is 260 g/mol. The Morgan fingerprint density at radius 1 is 1.42 bits per heavy atom. The zero-order valence-electron chi connectivity index (χ0n) is 10.4. The Bertz CT molecular complexity index is 614. The Labute approximate surface area is 109 Å². The lowest BCUT2D eigenvalue weighted by molar-refractivity contribution is 0.102. The Morgan fingerprint density at radius 2 is 2.21 bits per heavy atom. The van der Waals surface area contributed by atoms with Crippen molar-refractivity contribution in [1.82, 2.24) is 4.98 Å². The molecule has 0 spiro atoms. The molecule has 0 radical (unpaired) electrons. The van der Waals surface area contributed by atoms with E-state index in [1.54, 1.807) is 19.1 Å². The number of hydrogen-bond donors (Lipinski definition) is 2. The molecular formula is C14H13FN2O2. The van der Waals surface area contributed by atoms with E-state index >= 15 is 0 Å². The van der Waals surface area contributed by atoms with Crippen LogP contribution in [0.2, 0.25) is 0 Å². The topological polar surface area (TPSA) is 62.2 Å². The first-order valence-electron chi connectivity index (χ1n) is 5.73. The van der Waals surface area contributed by atoms with Crippen molar-refractivity contribution in [2.75, 3.05) is 5.32 Å². The molecule has 0 saturated carbocycles. The van der Waals surface area contributed by atoms with Gasteiger partial charge in [0.05, 0.1) is 24.1 Å². The largest absolute Gasteiger partial charge is 0.392 e. The number of nitrogens with one attached hydrogen (secondary N) is 1. The van der Waals surface area contributed by atoms with Crippen LogP contribution >= 0.6 is 0 Å². The number of amides is 1. The number of halogens is 1. The summed E-state index contributed by atoms with van der Waals surface area (Å²) in [4.78, 5) is 15.8. The number of benzene rings is 1. The molecule has 2 aromatic rings. The standard InChI is InChI=1S/C14H13FN2O2/c1-9-2-3-11(12(15)6-9)14(19)17-13-7-16-5-4-10(13)8-18/h2-7,18H,8H2,1H3,(H,17,19). The van der Waals surface area contributed by atoms with Gasteiger partial charge in [-0.25, -0.2) is 4.39 Å². The number of aromatic nitrogens is 1. The molecule has 0 bridgehead atoms. The third-order valence-electron chi connectivity index (χ3n) is 2.70. The lowest BCUT2D eigenvalue weighted by Crippen LogP contribution is -2.15. The molecule has 0 aliphatic rings. The molecule has 0 fully saturated rings. The van der Waals surface area contributed by atoms with Crippen LogP contribution < -0.4 is 5.32 Å². The van der Waals surface area contributed by atoms with Crippen molar-refractivity contribution in [2.45, 2.75) is 13.5 Å². The van der Waals surface area contributed by atoms with E-state index in [1.165, 1.54) is 24.5 Å². The Morgan fingerprint density at radius 3 is 2.89 bits per heavy atom. The normalized spacial score (nSPS) is 10.3. The molecule has 4 nitrogen and oxygen atoms in total. The number of aliphatic hydroxyl groups is 1. The highest BCUT2D eigenvalue weighted by molar-refractivity contribution is 6.04. The van der Waals surface area contributed by atoms with Gasteiger partial charge in [-0.05, 0) is 30.7 Å². The molecular weight excluding hydrogens is 247 g/mol. The fourth-order valence-corrected chi connectivity index (χ4v) is 1.67. The summed E-state index contributed by atoms with van der Waals surface area (Å²) in [7, 11) is 0. The number of carbonyl (C=O) groups is 1. The molecule has 98 valence electrons. The van der Waals surface area contributed by atoms with Gasteiger partial charge in [-0.2, -0.15) is 0 Å². The van der Waals surface area contributed by atoms with Gasteiger partial charge in [-0.1, -0.05) is 6.07 Å². The van der Waals surface area contributed by atoms with Crippen LogP contribution in [0.15, 0.2) is 36.7 Å². The number of pyridine rings is 1. The third-order valence-corrected chi connectivity index (χ3v) is 2.70. The minimum Gasteiger partial charge on any atom is -0.392 e. The van der Waals surface area contributed by atoms with Gasteiger partial charge in [0.15, 0.2) is 0 Å². The van der Waals surface area contributed by atoms with Crippen molar-refractivity contribution in [3.63, 3.8) is 0 Å². The van der Waals surface area contributed by atoms with Crippen LogP contribution in [0, 0.1) is 12.7 Å². The first-order chi connectivity index (χ1) is 9.11. The van der Waals surface area contributed by atoms with Gasteiger partial charge in [-0.3, -0.25) is 9.78 Å². The van der Waals surface area contributed by atoms with Crippen molar-refractivity contribution >= 4 is 11.6 Å². The summed E-state index contributed by atoms with van der Waals surface area (Å²) in [5.41, 5.74) is 1.59. The molecule has 2 N–H and O–H groups in total. The second kappa shape index (κ2) is 5.58. The molecule has 0 aliphatic carbocycles. The summed E-state index contributed by atoms with van der Waals surface area (Å²) in [6.45, 7) is 1.52. The highest BCUT2D eigenvalue weighted by Gasteiger charge is 2.13. The first kappa shape index (κ1) is 13.2. The Hall–Kier alpha value is -2.27. The predicted molar refractivity (Wildman–Crippen MR) is 69.3 cm³/mol. The van der Waals surface area contributed by atoms with Crippen LogP contribution in [0.4, 0.5) is 10.1 Å². The molecule has 0 unspecified atom stereocenters. The maximum atomic E-state index is 13.7. The minimum absolute atomic E-state index is 0.0432. The van der Waals surface area contributed by atoms with E-state index in [0.717, 1.165) is 5.56 Å². The number of aryl methyl sites for hydroxylation is 1. The molecule has 0 aliphatic heterocycles. The molecule has 1 amide bonds. The zero-order chi connectivity index (χ0) is 13.8. The summed E-state index contributed by atoms with van der Waals surface area (Å²) in [5, 5.41) is 11.7. The SMILES string of the molecule is Cc1ccc(C(=O)Nc2cnccc2CO)c(F)c1. The number of anilines is 1. The predicted octanol–water partition coefficient (Wildman–Crippen LogP) is 2.27. The summed E-state index contributed by atoms with van der Waals surface area (Å²) in [6, 6.07) is 5.97. The summed E-state index contributed by atoms with van der Waals surface area (Å²) >= 11 is 0. The third kappa shape index (κ3) is 2.95. The van der Waals surface area contributed by atoms with Gasteiger partial charge < -0.3 is 10.4 Å². The van der Waals surface area contributed by atoms with Crippen molar-refractivity contribution < 1.29 is 14.3 Å². The van der Waals surface area contributed by atoms with Crippen LogP contribution in [0.5, 0.6) is 0 Å². The van der Waals surface area contributed by atoms with Crippen LogP contribution in [-0.4, -0.2) is 16.0 Å². The lowest BCUT2D eigenvalue weighted by atomic mass is 10.1. The van der Waals surface area contributed by atoms with E-state index in [9.17, 15) is 9.18 Å². The highest BCUT2D eigenvalue weighted by Crippen LogP contribution is 2.16. The summed E-state index contributed by atoms with van der Waals surface area (Å²) < 4.78 is 13.7. The van der Waals surface area contributed by atoms with Crippen LogP contribution in [0.3, 0.4) is 0 Å². The van der Waals surface area contributed by atoms with Crippen molar-refractivity contribution in [2.24, 2.45) is 0 Å². The van der Waals surface area contributed by atoms with Crippen molar-refractivity contribution in [3.05, 3.63) is 59.2 Å². The minimum atomic E-state index is -0.577. The van der Waals surface area contributed by atoms with Crippen LogP contribution in [-0.2, 0) is 6.61 Å². The molecule has 19 heavy (non-hydrogen) atoms. The second-order valence-corrected chi connectivity index (χ2v) is 4.13. The average Bonchev–Trinajstić information content (AvgIpc) is 2.39. The summed E-state index contributed by atoms with van der Waals surface area (Å²) in [5.74, 6) is -1.15. The maximum Gasteiger partial charge on any atom is 0.258 e. The molecule has 2 rings (SSSR count). The number of rotatable bonds is 3. The van der Waals surface area contributed by atoms with E-state index in [-0.39, 0.29) is 12.2 Å². The molecule has 1 heterocycles. The van der Waals surface area contributed by atoms with Gasteiger partial charge in [0.25, 0.3) is 5.91 Å². The van der Waals surface area contributed by atoms with Crippen LogP contribution in [0.1, 0.15) is 21.5 Å². The number of nitrogens with zero attached hydrogens (tertiary/aromatic N) is 1. The summed E-state index contributed by atoms with van der Waals surface area (Å²) in [6.07, 6.45) is 2.92. The second-order valence-electron chi connectivity index (χ2n) is 4.13. The maximum absolute atomic E-state index is 13.7. The molecule has 0 saturated heterocycles. The monoisotopic (exact) mass is 260 g/mol. The van der Waals surface area contributed by atoms with Gasteiger partial charge in [0.2, 0.25) is 0 Å². The van der Waals surface area contributed by atoms with E-state index in [1.807, 2.05) is 0 Å². The number of carbonyl (C=O) groups excluding carboxylic acids is 1. The van der Waals surface area contributed by atoms with Gasteiger partial charge in [0.1, 0.15) is 5.82 Å². The Balaban J connectivity index is 2.26. The van der Waals surface area contributed by atoms with E-state index in [4.69, 9.17) is 5.11 Å². The molecule has 5 heteroatoms. The van der Waals surface area contributed by atoms with Gasteiger partial charge in [-0.15, -0.1) is 0 Å². The highest BCUT2D eigenvalue weighted by atomic mass is 19.1. The van der Waals surface area contributed by atoms with Crippen molar-refractivity contribution in [3.8, 4) is 0 Å². The lowest BCUT2D eigenvalue weighted by Gasteiger charge is -2.09. The smallest absolute Gasteiger partial charge is 0.258 e. The molecule has 1 aromatic carbocycles. The van der Waals surface area contributed by atoms with Crippen LogP contribution in [0.25, 0.3) is 0 Å². The fourth-order valence-electron chi connectivity index (χ4n) is 1.67. The van der Waals surface area contributed by atoms with Gasteiger partial charge >= 0.3 is 0 Å². The van der Waals surface area contributed by atoms with E-state index in [2.05, 4.69) is 10.3 Å². The number of hydrogen-bond acceptors (Lipinski definition) is 3. The number of aliphatic hydroxyl groups excluding tert-OH is 1. The van der Waals surface area contributed by atoms with Crippen molar-refractivity contribution in [1.29, 1.82) is 0 Å². The van der Waals surface area contributed by atoms with Gasteiger partial charge in [0, 0.05) is 11.8 Å². The zero-order valence-corrected chi connectivity index (χ0v) is 10.4. The molecule has 1 aromatic heterocycles. The Kier molecular flexibility index (Phi) is 3.87. The quantitative estimate of drug-likeness (QED) is 0.890. The first-order valence-corrected chi connectivity index (χ1v) is 5.73. The van der Waals surface area contributed by atoms with E-state index in [0.29, 0.717) is 11.3 Å². The molecule has 0 atom stereocenters.